The smallest absolute Gasteiger partial charge is 0.223 e. The fourth-order valence-electron chi connectivity index (χ4n) is 4.03. The van der Waals surface area contributed by atoms with Crippen LogP contribution < -0.4 is 10.6 Å². The summed E-state index contributed by atoms with van der Waals surface area (Å²) in [5.74, 6) is 2.05. The largest absolute Gasteiger partial charge is 0.353 e. The maximum atomic E-state index is 12.6. The zero-order chi connectivity index (χ0) is 16.9. The van der Waals surface area contributed by atoms with Crippen molar-refractivity contribution < 1.29 is 4.79 Å². The van der Waals surface area contributed by atoms with Gasteiger partial charge >= 0.3 is 0 Å². The average molecular weight is 330 g/mol. The van der Waals surface area contributed by atoms with E-state index < -0.39 is 0 Å². The van der Waals surface area contributed by atoms with Crippen molar-refractivity contribution in [1.29, 1.82) is 0 Å². The fraction of sp³-hybridized carbons (Fsp3) is 0.737. The van der Waals surface area contributed by atoms with Crippen molar-refractivity contribution >= 4 is 5.91 Å². The van der Waals surface area contributed by atoms with Crippen LogP contribution in [0.3, 0.4) is 0 Å². The van der Waals surface area contributed by atoms with E-state index in [0.29, 0.717) is 0 Å². The highest BCUT2D eigenvalue weighted by Gasteiger charge is 2.28. The molecule has 0 aromatic carbocycles. The summed E-state index contributed by atoms with van der Waals surface area (Å²) in [6.07, 6.45) is 9.15. The van der Waals surface area contributed by atoms with Crippen molar-refractivity contribution in [2.45, 2.75) is 64.8 Å². The summed E-state index contributed by atoms with van der Waals surface area (Å²) in [5.41, 5.74) is 2.36. The Kier molecular flexibility index (Phi) is 5.82. The molecule has 1 aromatic heterocycles. The highest BCUT2D eigenvalue weighted by atomic mass is 16.1. The van der Waals surface area contributed by atoms with Crippen molar-refractivity contribution in [1.82, 2.24) is 20.6 Å². The molecule has 1 atom stereocenters. The lowest BCUT2D eigenvalue weighted by molar-refractivity contribution is -0.127. The van der Waals surface area contributed by atoms with Gasteiger partial charge in [-0.1, -0.05) is 6.92 Å². The Morgan fingerprint density at radius 1 is 1.25 bits per heavy atom. The molecular formula is C19H30N4O. The standard InChI is InChI=1S/C19H30N4O/c1-3-20-11-14-4-6-15(7-5-14)19(24)23-17-8-9-18-16(10-17)12-21-13(2)22-18/h12,14-15,17,20H,3-11H2,1-2H3,(H,23,24). The van der Waals surface area contributed by atoms with E-state index in [1.54, 1.807) is 0 Å². The van der Waals surface area contributed by atoms with Gasteiger partial charge in [0.05, 0.1) is 0 Å². The van der Waals surface area contributed by atoms with Crippen LogP contribution in [0.1, 0.15) is 56.1 Å². The van der Waals surface area contributed by atoms with Crippen LogP contribution in [-0.4, -0.2) is 35.0 Å². The van der Waals surface area contributed by atoms with Crippen LogP contribution in [0.25, 0.3) is 0 Å². The SMILES string of the molecule is CCNCC1CCC(C(=O)NC2CCc3nc(C)ncc3C2)CC1. The van der Waals surface area contributed by atoms with Gasteiger partial charge in [0, 0.05) is 23.9 Å². The number of hydrogen-bond donors (Lipinski definition) is 2. The average Bonchev–Trinajstić information content (AvgIpc) is 2.60. The number of carbonyl (C=O) groups is 1. The molecule has 1 saturated carbocycles. The molecule has 24 heavy (non-hydrogen) atoms. The summed E-state index contributed by atoms with van der Waals surface area (Å²) < 4.78 is 0. The van der Waals surface area contributed by atoms with E-state index in [1.807, 2.05) is 13.1 Å². The monoisotopic (exact) mass is 330 g/mol. The maximum absolute atomic E-state index is 12.6. The second-order valence-electron chi connectivity index (χ2n) is 7.36. The van der Waals surface area contributed by atoms with E-state index in [1.165, 1.54) is 18.4 Å². The van der Waals surface area contributed by atoms with E-state index in [-0.39, 0.29) is 17.9 Å². The van der Waals surface area contributed by atoms with Crippen molar-refractivity contribution in [2.24, 2.45) is 11.8 Å². The molecule has 1 fully saturated rings. The van der Waals surface area contributed by atoms with Gasteiger partial charge in [0.1, 0.15) is 5.82 Å². The van der Waals surface area contributed by atoms with Crippen molar-refractivity contribution in [3.63, 3.8) is 0 Å². The molecule has 0 aliphatic heterocycles. The van der Waals surface area contributed by atoms with Gasteiger partial charge in [-0.05, 0) is 76.4 Å². The molecule has 0 spiro atoms. The van der Waals surface area contributed by atoms with Gasteiger partial charge in [0.15, 0.2) is 0 Å². The number of aryl methyl sites for hydroxylation is 2. The molecule has 132 valence electrons. The highest BCUT2D eigenvalue weighted by molar-refractivity contribution is 5.79. The Hall–Kier alpha value is -1.49. The van der Waals surface area contributed by atoms with Crippen LogP contribution in [0.5, 0.6) is 0 Å². The van der Waals surface area contributed by atoms with Crippen molar-refractivity contribution in [2.75, 3.05) is 13.1 Å². The first-order valence-electron chi connectivity index (χ1n) is 9.48. The predicted molar refractivity (Wildman–Crippen MR) is 94.7 cm³/mol. The molecule has 5 heteroatoms. The second kappa shape index (κ2) is 8.06. The molecule has 1 amide bonds. The van der Waals surface area contributed by atoms with Crippen LogP contribution in [0, 0.1) is 18.8 Å². The van der Waals surface area contributed by atoms with Gasteiger partial charge < -0.3 is 10.6 Å². The molecule has 1 aromatic rings. The maximum Gasteiger partial charge on any atom is 0.223 e. The fourth-order valence-corrected chi connectivity index (χ4v) is 4.03. The summed E-state index contributed by atoms with van der Waals surface area (Å²) in [6, 6.07) is 0.246. The number of rotatable bonds is 5. The van der Waals surface area contributed by atoms with Gasteiger partial charge in [0.2, 0.25) is 5.91 Å². The summed E-state index contributed by atoms with van der Waals surface area (Å²) in [7, 11) is 0. The number of aromatic nitrogens is 2. The molecule has 2 aliphatic carbocycles. The van der Waals surface area contributed by atoms with Gasteiger partial charge in [-0.25, -0.2) is 9.97 Å². The summed E-state index contributed by atoms with van der Waals surface area (Å²) in [6.45, 7) is 6.21. The lowest BCUT2D eigenvalue weighted by Gasteiger charge is -2.30. The second-order valence-corrected chi connectivity index (χ2v) is 7.36. The van der Waals surface area contributed by atoms with Crippen LogP contribution in [0.4, 0.5) is 0 Å². The predicted octanol–water partition coefficient (Wildman–Crippen LogP) is 2.17. The molecule has 3 rings (SSSR count). The van der Waals surface area contributed by atoms with Crippen molar-refractivity contribution in [3.8, 4) is 0 Å². The number of nitrogens with one attached hydrogen (secondary N) is 2. The summed E-state index contributed by atoms with van der Waals surface area (Å²) >= 11 is 0. The van der Waals surface area contributed by atoms with Crippen LogP contribution >= 0.6 is 0 Å². The van der Waals surface area contributed by atoms with E-state index in [9.17, 15) is 4.79 Å². The lowest BCUT2D eigenvalue weighted by atomic mass is 9.81. The quantitative estimate of drug-likeness (QED) is 0.868. The zero-order valence-electron chi connectivity index (χ0n) is 15.0. The minimum atomic E-state index is 0.207. The highest BCUT2D eigenvalue weighted by Crippen LogP contribution is 2.29. The number of nitrogens with zero attached hydrogens (tertiary/aromatic N) is 2. The Morgan fingerprint density at radius 3 is 2.79 bits per heavy atom. The number of amides is 1. The van der Waals surface area contributed by atoms with Gasteiger partial charge in [-0.2, -0.15) is 0 Å². The normalized spacial score (nSPS) is 26.7. The molecule has 2 N–H and O–H groups in total. The molecular weight excluding hydrogens is 300 g/mol. The Labute approximate surface area is 145 Å². The first kappa shape index (κ1) is 17.3. The van der Waals surface area contributed by atoms with E-state index in [0.717, 1.165) is 62.6 Å². The molecule has 1 unspecified atom stereocenters. The minimum absolute atomic E-state index is 0.207. The molecule has 5 nitrogen and oxygen atoms in total. The van der Waals surface area contributed by atoms with Gasteiger partial charge in [-0.15, -0.1) is 0 Å². The Morgan fingerprint density at radius 2 is 2.04 bits per heavy atom. The Bertz CT molecular complexity index is 566. The third-order valence-corrected chi connectivity index (χ3v) is 5.52. The third kappa shape index (κ3) is 4.32. The Balaban J connectivity index is 1.47. The molecule has 2 aliphatic rings. The van der Waals surface area contributed by atoms with Gasteiger partial charge in [0.25, 0.3) is 0 Å². The number of carbonyl (C=O) groups excluding carboxylic acids is 1. The van der Waals surface area contributed by atoms with Crippen LogP contribution in [-0.2, 0) is 17.6 Å². The topological polar surface area (TPSA) is 66.9 Å². The number of hydrogen-bond acceptors (Lipinski definition) is 4. The first-order chi connectivity index (χ1) is 11.7. The minimum Gasteiger partial charge on any atom is -0.353 e. The van der Waals surface area contributed by atoms with Crippen LogP contribution in [0.2, 0.25) is 0 Å². The molecule has 0 bridgehead atoms. The van der Waals surface area contributed by atoms with E-state index in [4.69, 9.17) is 0 Å². The third-order valence-electron chi connectivity index (χ3n) is 5.52. The summed E-state index contributed by atoms with van der Waals surface area (Å²) in [4.78, 5) is 21.4. The number of fused-ring (bicyclic) bond motifs is 1. The molecule has 0 saturated heterocycles. The first-order valence-corrected chi connectivity index (χ1v) is 9.48. The van der Waals surface area contributed by atoms with Gasteiger partial charge in [-0.3, -0.25) is 4.79 Å². The van der Waals surface area contributed by atoms with E-state index in [2.05, 4.69) is 27.5 Å². The summed E-state index contributed by atoms with van der Waals surface area (Å²) in [5, 5.41) is 6.72. The van der Waals surface area contributed by atoms with Crippen LogP contribution in [0.15, 0.2) is 6.20 Å². The zero-order valence-corrected chi connectivity index (χ0v) is 15.0. The lowest BCUT2D eigenvalue weighted by Crippen LogP contribution is -2.43. The van der Waals surface area contributed by atoms with E-state index >= 15 is 0 Å². The molecule has 1 heterocycles. The molecule has 0 radical (unpaired) electrons. The van der Waals surface area contributed by atoms with Crippen molar-refractivity contribution in [3.05, 3.63) is 23.3 Å².